The third kappa shape index (κ3) is 4.22. The van der Waals surface area contributed by atoms with Gasteiger partial charge in [0.1, 0.15) is 21.3 Å². The van der Waals surface area contributed by atoms with Crippen molar-refractivity contribution in [3.05, 3.63) is 84.9 Å². The minimum absolute atomic E-state index is 0.0248. The predicted molar refractivity (Wildman–Crippen MR) is 93.8 cm³/mol. The van der Waals surface area contributed by atoms with Gasteiger partial charge in [0.25, 0.3) is 0 Å². The lowest BCUT2D eigenvalue weighted by Crippen LogP contribution is -2.11. The lowest BCUT2D eigenvalue weighted by molar-refractivity contribution is 0.476. The van der Waals surface area contributed by atoms with Gasteiger partial charge in [0.2, 0.25) is 0 Å². The number of rotatable bonds is 6. The summed E-state index contributed by atoms with van der Waals surface area (Å²) in [6.45, 7) is 0. The summed E-state index contributed by atoms with van der Waals surface area (Å²) in [5, 5.41) is 0. The first-order valence-corrected chi connectivity index (χ1v) is 10.2. The molecule has 0 heterocycles. The van der Waals surface area contributed by atoms with Gasteiger partial charge in [0.15, 0.2) is 0 Å². The van der Waals surface area contributed by atoms with Crippen molar-refractivity contribution >= 4 is 20.2 Å². The highest BCUT2D eigenvalue weighted by atomic mass is 32.2. The summed E-state index contributed by atoms with van der Waals surface area (Å²) in [7, 11) is -8.10. The predicted octanol–water partition coefficient (Wildman–Crippen LogP) is 3.02. The summed E-state index contributed by atoms with van der Waals surface area (Å²) in [6.07, 6.45) is 0. The van der Waals surface area contributed by atoms with E-state index in [0.717, 1.165) is 6.07 Å². The molecular weight excluding hydrogens is 376 g/mol. The van der Waals surface area contributed by atoms with Crippen molar-refractivity contribution in [2.24, 2.45) is 0 Å². The molecule has 0 N–H and O–H groups in total. The Morgan fingerprint density at radius 2 is 1.00 bits per heavy atom. The number of benzene rings is 3. The molecule has 0 aliphatic rings. The fourth-order valence-electron chi connectivity index (χ4n) is 2.05. The average molecular weight is 389 g/mol. The van der Waals surface area contributed by atoms with Gasteiger partial charge in [-0.3, -0.25) is 0 Å². The molecule has 3 aromatic rings. The highest BCUT2D eigenvalue weighted by Gasteiger charge is 2.19. The largest absolute Gasteiger partial charge is 0.379 e. The highest BCUT2D eigenvalue weighted by molar-refractivity contribution is 7.87. The van der Waals surface area contributed by atoms with Gasteiger partial charge in [-0.2, -0.15) is 16.8 Å². The van der Waals surface area contributed by atoms with Gasteiger partial charge in [-0.25, -0.2) is 0 Å². The Hall–Kier alpha value is -2.84. The Kier molecular flexibility index (Phi) is 4.97. The van der Waals surface area contributed by atoms with E-state index in [1.54, 1.807) is 36.4 Å². The third-order valence-electron chi connectivity index (χ3n) is 3.21. The van der Waals surface area contributed by atoms with E-state index in [9.17, 15) is 16.8 Å². The zero-order valence-corrected chi connectivity index (χ0v) is 14.9. The van der Waals surface area contributed by atoms with E-state index < -0.39 is 20.2 Å². The van der Waals surface area contributed by atoms with E-state index >= 15 is 0 Å². The van der Waals surface area contributed by atoms with Crippen molar-refractivity contribution < 1.29 is 25.2 Å². The Labute approximate surface area is 151 Å². The zero-order valence-electron chi connectivity index (χ0n) is 13.3. The first-order valence-electron chi connectivity index (χ1n) is 7.37. The molecule has 0 saturated carbocycles. The fourth-order valence-corrected chi connectivity index (χ4v) is 3.92. The van der Waals surface area contributed by atoms with Gasteiger partial charge in [-0.1, -0.05) is 36.4 Å². The van der Waals surface area contributed by atoms with E-state index in [2.05, 4.69) is 6.07 Å². The van der Waals surface area contributed by atoms with Crippen LogP contribution in [0.4, 0.5) is 0 Å². The third-order valence-corrected chi connectivity index (χ3v) is 5.73. The molecule has 8 heteroatoms. The Balaban J connectivity index is 1.83. The van der Waals surface area contributed by atoms with Gasteiger partial charge in [0.05, 0.1) is 0 Å². The van der Waals surface area contributed by atoms with Crippen LogP contribution < -0.4 is 8.37 Å². The second-order valence-electron chi connectivity index (χ2n) is 5.11. The van der Waals surface area contributed by atoms with Crippen LogP contribution in [0.2, 0.25) is 0 Å². The van der Waals surface area contributed by atoms with Gasteiger partial charge in [-0.05, 0) is 42.5 Å². The maximum atomic E-state index is 12.2. The molecule has 0 bridgehead atoms. The topological polar surface area (TPSA) is 86.7 Å². The Morgan fingerprint density at radius 1 is 0.615 bits per heavy atom. The molecule has 133 valence electrons. The molecule has 0 aliphatic heterocycles. The number of hydrogen-bond acceptors (Lipinski definition) is 6. The fraction of sp³-hybridized carbons (Fsp3) is 0. The van der Waals surface area contributed by atoms with E-state index in [1.807, 2.05) is 0 Å². The summed E-state index contributed by atoms with van der Waals surface area (Å²) in [5.74, 6) is -0.232. The van der Waals surface area contributed by atoms with E-state index in [0.29, 0.717) is 0 Å². The standard InChI is InChI=1S/C18H13O6S2/c19-25(20,17-10-3-1-4-11-17)23-15-8-7-9-16(14-15)24-26(21,22)18-12-5-2-6-13-18/h1-6,8-14H. The van der Waals surface area contributed by atoms with Gasteiger partial charge in [0, 0.05) is 6.07 Å². The van der Waals surface area contributed by atoms with Crippen LogP contribution >= 0.6 is 0 Å². The van der Waals surface area contributed by atoms with Crippen molar-refractivity contribution in [1.82, 2.24) is 0 Å². The first-order chi connectivity index (χ1) is 12.4. The van der Waals surface area contributed by atoms with Gasteiger partial charge >= 0.3 is 20.2 Å². The number of hydrogen-bond donors (Lipinski definition) is 0. The molecule has 0 amide bonds. The second-order valence-corrected chi connectivity index (χ2v) is 8.20. The lowest BCUT2D eigenvalue weighted by Gasteiger charge is -2.09. The summed E-state index contributed by atoms with van der Waals surface area (Å²) in [6, 6.07) is 21.5. The molecule has 0 atom stereocenters. The van der Waals surface area contributed by atoms with Crippen molar-refractivity contribution in [3.63, 3.8) is 0 Å². The highest BCUT2D eigenvalue weighted by Crippen LogP contribution is 2.25. The molecule has 0 aromatic heterocycles. The molecule has 26 heavy (non-hydrogen) atoms. The maximum Gasteiger partial charge on any atom is 0.339 e. The van der Waals surface area contributed by atoms with Crippen LogP contribution in [-0.4, -0.2) is 16.8 Å². The molecule has 0 unspecified atom stereocenters. The average Bonchev–Trinajstić information content (AvgIpc) is 2.63. The SMILES string of the molecule is O=S(=O)(Oc1c[c]cc(OS(=O)(=O)c2ccccc2)c1)c1ccccc1. The quantitative estimate of drug-likeness (QED) is 0.602. The molecule has 0 saturated heterocycles. The summed E-state index contributed by atoms with van der Waals surface area (Å²) in [5.41, 5.74) is 0. The zero-order chi connectivity index (χ0) is 18.6. The minimum atomic E-state index is -4.05. The Morgan fingerprint density at radius 3 is 1.38 bits per heavy atom. The van der Waals surface area contributed by atoms with Crippen LogP contribution in [0, 0.1) is 6.07 Å². The smallest absolute Gasteiger partial charge is 0.339 e. The second kappa shape index (κ2) is 7.19. The summed E-state index contributed by atoms with van der Waals surface area (Å²) >= 11 is 0. The Bertz CT molecular complexity index is 1010. The molecule has 0 fully saturated rings. The monoisotopic (exact) mass is 389 g/mol. The van der Waals surface area contributed by atoms with Crippen LogP contribution in [0.5, 0.6) is 11.5 Å². The maximum absolute atomic E-state index is 12.2. The van der Waals surface area contributed by atoms with Crippen LogP contribution in [0.25, 0.3) is 0 Å². The first kappa shape index (κ1) is 18.0. The van der Waals surface area contributed by atoms with Gasteiger partial charge in [-0.15, -0.1) is 0 Å². The summed E-state index contributed by atoms with van der Waals surface area (Å²) < 4.78 is 58.9. The molecule has 3 aromatic carbocycles. The van der Waals surface area contributed by atoms with E-state index in [-0.39, 0.29) is 21.3 Å². The van der Waals surface area contributed by atoms with Gasteiger partial charge < -0.3 is 8.37 Å². The normalized spacial score (nSPS) is 11.7. The molecule has 0 spiro atoms. The van der Waals surface area contributed by atoms with E-state index in [1.165, 1.54) is 36.4 Å². The van der Waals surface area contributed by atoms with Crippen LogP contribution in [0.15, 0.2) is 88.7 Å². The minimum Gasteiger partial charge on any atom is -0.379 e. The van der Waals surface area contributed by atoms with Crippen molar-refractivity contribution in [2.45, 2.75) is 9.79 Å². The van der Waals surface area contributed by atoms with Crippen molar-refractivity contribution in [2.75, 3.05) is 0 Å². The molecular formula is C18H13O6S2. The lowest BCUT2D eigenvalue weighted by atomic mass is 10.3. The van der Waals surface area contributed by atoms with Crippen LogP contribution in [0.1, 0.15) is 0 Å². The van der Waals surface area contributed by atoms with Crippen molar-refractivity contribution in [3.8, 4) is 11.5 Å². The van der Waals surface area contributed by atoms with Crippen LogP contribution in [0.3, 0.4) is 0 Å². The summed E-state index contributed by atoms with van der Waals surface area (Å²) in [4.78, 5) is -0.0496. The van der Waals surface area contributed by atoms with E-state index in [4.69, 9.17) is 8.37 Å². The molecule has 0 aliphatic carbocycles. The van der Waals surface area contributed by atoms with Crippen LogP contribution in [-0.2, 0) is 20.2 Å². The molecule has 1 radical (unpaired) electrons. The molecule has 3 rings (SSSR count). The van der Waals surface area contributed by atoms with Crippen molar-refractivity contribution in [1.29, 1.82) is 0 Å². The molecule has 6 nitrogen and oxygen atoms in total.